The van der Waals surface area contributed by atoms with Gasteiger partial charge in [0.15, 0.2) is 12.7 Å². The Morgan fingerprint density at radius 3 is 2.58 bits per heavy atom. The average molecular weight is 371 g/mol. The predicted octanol–water partition coefficient (Wildman–Crippen LogP) is 3.68. The van der Waals surface area contributed by atoms with Crippen molar-refractivity contribution in [3.63, 3.8) is 0 Å². The Balaban J connectivity index is 2.72. The zero-order valence-electron chi connectivity index (χ0n) is 13.8. The highest BCUT2D eigenvalue weighted by atomic mass is 35.5. The first-order chi connectivity index (χ1) is 11.3. The molecule has 0 aromatic heterocycles. The van der Waals surface area contributed by atoms with E-state index in [1.807, 2.05) is 6.92 Å². The maximum absolute atomic E-state index is 12.4. The molecular weight excluding hydrogens is 351 g/mol. The maximum atomic E-state index is 12.4. The Bertz CT molecular complexity index is 619. The fourth-order valence-corrected chi connectivity index (χ4v) is 2.26. The molecule has 1 aromatic carbocycles. The fraction of sp³-hybridized carbons (Fsp3) is 0.412. The van der Waals surface area contributed by atoms with Crippen molar-refractivity contribution in [1.29, 1.82) is 0 Å². The van der Waals surface area contributed by atoms with E-state index in [9.17, 15) is 4.79 Å². The van der Waals surface area contributed by atoms with Crippen LogP contribution in [0.2, 0.25) is 10.0 Å². The van der Waals surface area contributed by atoms with E-state index >= 15 is 0 Å². The van der Waals surface area contributed by atoms with E-state index in [2.05, 4.69) is 16.4 Å². The van der Waals surface area contributed by atoms with Gasteiger partial charge in [-0.05, 0) is 38.5 Å². The molecule has 0 aliphatic carbocycles. The van der Waals surface area contributed by atoms with Crippen molar-refractivity contribution >= 4 is 35.3 Å². The summed E-state index contributed by atoms with van der Waals surface area (Å²) >= 11 is 11.9. The molecule has 1 rings (SSSR count). The number of hydrogen-bond donors (Lipinski definition) is 1. The molecule has 0 saturated carbocycles. The first-order valence-corrected chi connectivity index (χ1v) is 8.07. The highest BCUT2D eigenvalue weighted by Gasteiger charge is 2.25. The van der Waals surface area contributed by atoms with Gasteiger partial charge >= 0.3 is 0 Å². The van der Waals surface area contributed by atoms with Crippen molar-refractivity contribution in [2.24, 2.45) is 5.16 Å². The van der Waals surface area contributed by atoms with Gasteiger partial charge in [0.25, 0.3) is 5.91 Å². The molecule has 1 N–H and O–H groups in total. The molecule has 0 aliphatic rings. The van der Waals surface area contributed by atoms with Crippen molar-refractivity contribution in [2.45, 2.75) is 38.8 Å². The van der Waals surface area contributed by atoms with Crippen LogP contribution in [0, 0.1) is 12.3 Å². The quantitative estimate of drug-likeness (QED) is 0.328. The summed E-state index contributed by atoms with van der Waals surface area (Å²) in [7, 11) is 0. The van der Waals surface area contributed by atoms with Crippen molar-refractivity contribution < 1.29 is 14.4 Å². The van der Waals surface area contributed by atoms with E-state index in [0.717, 1.165) is 0 Å². The number of oxime groups is 1. The van der Waals surface area contributed by atoms with Gasteiger partial charge in [-0.2, -0.15) is 0 Å². The number of carbonyl (C=O) groups is 1. The van der Waals surface area contributed by atoms with Gasteiger partial charge in [-0.3, -0.25) is 4.79 Å². The molecule has 1 aromatic rings. The van der Waals surface area contributed by atoms with E-state index in [4.69, 9.17) is 39.2 Å². The molecule has 0 spiro atoms. The number of terminal acetylenes is 1. The first-order valence-electron chi connectivity index (χ1n) is 7.32. The number of hydrogen-bond acceptors (Lipinski definition) is 4. The Hall–Kier alpha value is -1.90. The molecule has 0 aliphatic heterocycles. The number of rotatable bonds is 8. The Morgan fingerprint density at radius 2 is 2.04 bits per heavy atom. The molecule has 1 unspecified atom stereocenters. The van der Waals surface area contributed by atoms with Crippen LogP contribution in [0.4, 0.5) is 0 Å². The van der Waals surface area contributed by atoms with Crippen LogP contribution in [-0.4, -0.2) is 30.4 Å². The van der Waals surface area contributed by atoms with Crippen LogP contribution in [0.5, 0.6) is 5.75 Å². The van der Waals surface area contributed by atoms with E-state index in [-0.39, 0.29) is 12.5 Å². The summed E-state index contributed by atoms with van der Waals surface area (Å²) in [4.78, 5) is 17.2. The minimum Gasteiger partial charge on any atom is -0.481 e. The van der Waals surface area contributed by atoms with Crippen LogP contribution >= 0.6 is 23.2 Å². The monoisotopic (exact) mass is 370 g/mol. The van der Waals surface area contributed by atoms with Crippen molar-refractivity contribution in [1.82, 2.24) is 5.32 Å². The third kappa shape index (κ3) is 7.12. The lowest BCUT2D eigenvalue weighted by atomic mass is 10.1. The normalized spacial score (nSPS) is 12.5. The molecule has 5 nitrogen and oxygen atoms in total. The lowest BCUT2D eigenvalue weighted by Crippen LogP contribution is -2.50. The van der Waals surface area contributed by atoms with E-state index in [1.54, 1.807) is 32.0 Å². The molecule has 0 fully saturated rings. The number of benzene rings is 1. The molecule has 0 saturated heterocycles. The molecule has 0 heterocycles. The Labute approximate surface area is 152 Å². The summed E-state index contributed by atoms with van der Waals surface area (Å²) in [5.41, 5.74) is -0.728. The SMILES string of the molecule is C#CCON=CC(C)(C)NC(=O)C(CC)Oc1cc(Cl)cc(Cl)c1. The molecule has 24 heavy (non-hydrogen) atoms. The molecule has 1 amide bonds. The summed E-state index contributed by atoms with van der Waals surface area (Å²) in [5.74, 6) is 2.43. The number of ether oxygens (including phenoxy) is 1. The summed E-state index contributed by atoms with van der Waals surface area (Å²) in [6, 6.07) is 4.79. The minimum absolute atomic E-state index is 0.0662. The third-order valence-corrected chi connectivity index (χ3v) is 3.26. The lowest BCUT2D eigenvalue weighted by Gasteiger charge is -2.25. The minimum atomic E-state index is -0.728. The number of nitrogens with one attached hydrogen (secondary N) is 1. The van der Waals surface area contributed by atoms with E-state index in [1.165, 1.54) is 6.21 Å². The zero-order chi connectivity index (χ0) is 18.2. The van der Waals surface area contributed by atoms with Crippen molar-refractivity contribution in [3.8, 4) is 18.1 Å². The van der Waals surface area contributed by atoms with Gasteiger partial charge in [0.2, 0.25) is 0 Å². The van der Waals surface area contributed by atoms with Crippen LogP contribution < -0.4 is 10.1 Å². The second-order valence-corrected chi connectivity index (χ2v) is 6.42. The van der Waals surface area contributed by atoms with Crippen LogP contribution in [0.3, 0.4) is 0 Å². The second-order valence-electron chi connectivity index (χ2n) is 5.54. The number of amides is 1. The molecule has 7 heteroatoms. The van der Waals surface area contributed by atoms with Crippen molar-refractivity contribution in [2.75, 3.05) is 6.61 Å². The van der Waals surface area contributed by atoms with E-state index < -0.39 is 11.6 Å². The Kier molecular flexibility index (Phi) is 7.90. The van der Waals surface area contributed by atoms with Crippen molar-refractivity contribution in [3.05, 3.63) is 28.2 Å². The smallest absolute Gasteiger partial charge is 0.261 e. The van der Waals surface area contributed by atoms with Gasteiger partial charge in [-0.25, -0.2) is 0 Å². The summed E-state index contributed by atoms with van der Waals surface area (Å²) in [6.07, 6.45) is 6.29. The lowest BCUT2D eigenvalue weighted by molar-refractivity contribution is -0.129. The largest absolute Gasteiger partial charge is 0.481 e. The topological polar surface area (TPSA) is 59.9 Å². The standard InChI is InChI=1S/C17H20Cl2N2O3/c1-5-7-23-20-11-17(3,4)21-16(22)15(6-2)24-14-9-12(18)8-13(19)10-14/h1,8-11,15H,6-7H2,2-4H3,(H,21,22). The van der Waals surface area contributed by atoms with Crippen LogP contribution in [0.15, 0.2) is 23.4 Å². The Morgan fingerprint density at radius 1 is 1.42 bits per heavy atom. The first kappa shape index (κ1) is 20.1. The molecular formula is C17H20Cl2N2O3. The highest BCUT2D eigenvalue weighted by Crippen LogP contribution is 2.25. The van der Waals surface area contributed by atoms with Gasteiger partial charge in [0.05, 0.1) is 11.8 Å². The molecule has 1 atom stereocenters. The van der Waals surface area contributed by atoms with Crippen LogP contribution in [-0.2, 0) is 9.63 Å². The summed E-state index contributed by atoms with van der Waals surface area (Å²) < 4.78 is 5.69. The second kappa shape index (κ2) is 9.41. The van der Waals surface area contributed by atoms with Crippen LogP contribution in [0.25, 0.3) is 0 Å². The summed E-state index contributed by atoms with van der Waals surface area (Å²) in [5, 5.41) is 7.42. The number of carbonyl (C=O) groups excluding carboxylic acids is 1. The zero-order valence-corrected chi connectivity index (χ0v) is 15.3. The predicted molar refractivity (Wildman–Crippen MR) is 96.7 cm³/mol. The number of halogens is 2. The van der Waals surface area contributed by atoms with Gasteiger partial charge in [-0.1, -0.05) is 41.2 Å². The highest BCUT2D eigenvalue weighted by molar-refractivity contribution is 6.34. The molecule has 0 radical (unpaired) electrons. The van der Waals surface area contributed by atoms with E-state index in [0.29, 0.717) is 22.2 Å². The van der Waals surface area contributed by atoms with Gasteiger partial charge < -0.3 is 14.9 Å². The van der Waals surface area contributed by atoms with Gasteiger partial charge in [0.1, 0.15) is 5.75 Å². The summed E-state index contributed by atoms with van der Waals surface area (Å²) in [6.45, 7) is 5.46. The fourth-order valence-electron chi connectivity index (χ4n) is 1.76. The van der Waals surface area contributed by atoms with Gasteiger partial charge in [0, 0.05) is 10.0 Å². The van der Waals surface area contributed by atoms with Crippen LogP contribution in [0.1, 0.15) is 27.2 Å². The maximum Gasteiger partial charge on any atom is 0.261 e. The average Bonchev–Trinajstić information content (AvgIpc) is 2.47. The number of nitrogens with zero attached hydrogens (tertiary/aromatic N) is 1. The third-order valence-electron chi connectivity index (χ3n) is 2.82. The van der Waals surface area contributed by atoms with Gasteiger partial charge in [-0.15, -0.1) is 6.42 Å². The molecule has 130 valence electrons. The molecule has 0 bridgehead atoms.